The fourth-order valence-corrected chi connectivity index (χ4v) is 4.71. The highest BCUT2D eigenvalue weighted by Gasteiger charge is 2.23. The van der Waals surface area contributed by atoms with Gasteiger partial charge in [-0.1, -0.05) is 18.2 Å². The monoisotopic (exact) mass is 568 g/mol. The average Bonchev–Trinajstić information content (AvgIpc) is 2.84. The summed E-state index contributed by atoms with van der Waals surface area (Å²) in [5.41, 5.74) is 4.65. The number of aliphatic imine (C=N–C) groups is 1. The number of rotatable bonds is 6. The summed E-state index contributed by atoms with van der Waals surface area (Å²) < 4.78 is 19.0. The van der Waals surface area contributed by atoms with E-state index in [9.17, 15) is 9.50 Å². The second-order valence-electron chi connectivity index (χ2n) is 8.43. The van der Waals surface area contributed by atoms with Gasteiger partial charge >= 0.3 is 0 Å². The Morgan fingerprint density at radius 3 is 2.55 bits per heavy atom. The Kier molecular flexibility index (Phi) is 9.76. The minimum absolute atomic E-state index is 0. The van der Waals surface area contributed by atoms with Gasteiger partial charge in [-0.15, -0.1) is 24.0 Å². The Balaban J connectivity index is 0.00000306. The number of aryl methyl sites for hydroxylation is 1. The summed E-state index contributed by atoms with van der Waals surface area (Å²) in [6, 6.07) is 10.7. The molecule has 1 saturated heterocycles. The van der Waals surface area contributed by atoms with Crippen molar-refractivity contribution in [3.8, 4) is 5.75 Å². The van der Waals surface area contributed by atoms with Gasteiger partial charge < -0.3 is 20.5 Å². The number of nitrogens with one attached hydrogen (secondary N) is 2. The lowest BCUT2D eigenvalue weighted by Crippen LogP contribution is -2.46. The highest BCUT2D eigenvalue weighted by atomic mass is 127. The molecule has 2 aromatic carbocycles. The van der Waals surface area contributed by atoms with Crippen molar-refractivity contribution in [1.82, 2.24) is 15.5 Å². The van der Waals surface area contributed by atoms with E-state index in [0.29, 0.717) is 38.0 Å². The standard InChI is InChI=1S/C25H33FN4O2.HI/c1-27-25(28-16-22-21-5-3-2-4-18(21)8-11-24(22)31)29-17-23(30-12-14-32-15-13-30)19-6-9-20(26)10-7-19;/h6-11,23,31H,2-5,12-17H2,1H3,(H2,27,28,29);1H. The van der Waals surface area contributed by atoms with Gasteiger partial charge in [-0.05, 0) is 60.6 Å². The van der Waals surface area contributed by atoms with Gasteiger partial charge in [-0.25, -0.2) is 4.39 Å². The molecule has 6 nitrogen and oxygen atoms in total. The molecule has 1 fully saturated rings. The first kappa shape index (κ1) is 25.7. The molecule has 1 aliphatic heterocycles. The molecular formula is C25H34FIN4O2. The van der Waals surface area contributed by atoms with Crippen LogP contribution in [0.5, 0.6) is 5.75 Å². The fourth-order valence-electron chi connectivity index (χ4n) is 4.71. The maximum absolute atomic E-state index is 13.5. The predicted molar refractivity (Wildman–Crippen MR) is 140 cm³/mol. The first-order valence-electron chi connectivity index (χ1n) is 11.5. The molecule has 1 aliphatic carbocycles. The Bertz CT molecular complexity index is 933. The van der Waals surface area contributed by atoms with Crippen molar-refractivity contribution in [3.63, 3.8) is 0 Å². The molecule has 8 heteroatoms. The second-order valence-corrected chi connectivity index (χ2v) is 8.43. The Morgan fingerprint density at radius 1 is 1.09 bits per heavy atom. The molecule has 0 saturated carbocycles. The van der Waals surface area contributed by atoms with E-state index >= 15 is 0 Å². The molecular weight excluding hydrogens is 534 g/mol. The summed E-state index contributed by atoms with van der Waals surface area (Å²) in [5.74, 6) is 0.787. The van der Waals surface area contributed by atoms with Gasteiger partial charge in [0.15, 0.2) is 5.96 Å². The van der Waals surface area contributed by atoms with Crippen molar-refractivity contribution in [3.05, 3.63) is 64.5 Å². The predicted octanol–water partition coefficient (Wildman–Crippen LogP) is 3.77. The maximum atomic E-state index is 13.5. The van der Waals surface area contributed by atoms with Crippen molar-refractivity contribution < 1.29 is 14.2 Å². The van der Waals surface area contributed by atoms with E-state index in [2.05, 4.69) is 26.6 Å². The zero-order chi connectivity index (χ0) is 22.3. The molecule has 1 unspecified atom stereocenters. The van der Waals surface area contributed by atoms with Gasteiger partial charge in [0.05, 0.1) is 19.3 Å². The number of fused-ring (bicyclic) bond motifs is 1. The summed E-state index contributed by atoms with van der Waals surface area (Å²) in [5, 5.41) is 17.3. The molecule has 0 amide bonds. The van der Waals surface area contributed by atoms with Crippen LogP contribution in [0.3, 0.4) is 0 Å². The molecule has 33 heavy (non-hydrogen) atoms. The number of phenolic OH excluding ortho intramolecular Hbond substituents is 1. The topological polar surface area (TPSA) is 69.1 Å². The Morgan fingerprint density at radius 2 is 1.82 bits per heavy atom. The van der Waals surface area contributed by atoms with Crippen LogP contribution in [0.25, 0.3) is 0 Å². The first-order chi connectivity index (χ1) is 15.7. The van der Waals surface area contributed by atoms with Gasteiger partial charge in [0.25, 0.3) is 0 Å². The molecule has 0 radical (unpaired) electrons. The number of aromatic hydroxyl groups is 1. The van der Waals surface area contributed by atoms with Crippen LogP contribution in [0.1, 0.15) is 41.1 Å². The van der Waals surface area contributed by atoms with Crippen LogP contribution in [-0.2, 0) is 24.1 Å². The molecule has 0 spiro atoms. The van der Waals surface area contributed by atoms with Gasteiger partial charge in [0.1, 0.15) is 11.6 Å². The number of phenols is 1. The van der Waals surface area contributed by atoms with Crippen LogP contribution >= 0.6 is 24.0 Å². The van der Waals surface area contributed by atoms with E-state index in [1.807, 2.05) is 12.1 Å². The summed E-state index contributed by atoms with van der Waals surface area (Å²) in [6.07, 6.45) is 4.46. The van der Waals surface area contributed by atoms with E-state index in [0.717, 1.165) is 43.5 Å². The number of ether oxygens (including phenoxy) is 1. The second kappa shape index (κ2) is 12.5. The molecule has 0 aromatic heterocycles. The fraction of sp³-hybridized carbons (Fsp3) is 0.480. The summed E-state index contributed by atoms with van der Waals surface area (Å²) in [6.45, 7) is 4.21. The highest BCUT2D eigenvalue weighted by molar-refractivity contribution is 14.0. The quantitative estimate of drug-likeness (QED) is 0.282. The van der Waals surface area contributed by atoms with Crippen LogP contribution in [0.2, 0.25) is 0 Å². The molecule has 2 aromatic rings. The van der Waals surface area contributed by atoms with E-state index in [1.165, 1.54) is 29.7 Å². The van der Waals surface area contributed by atoms with E-state index in [1.54, 1.807) is 13.1 Å². The summed E-state index contributed by atoms with van der Waals surface area (Å²) >= 11 is 0. The highest BCUT2D eigenvalue weighted by Crippen LogP contribution is 2.30. The minimum Gasteiger partial charge on any atom is -0.508 e. The lowest BCUT2D eigenvalue weighted by Gasteiger charge is -2.35. The third-order valence-electron chi connectivity index (χ3n) is 6.49. The number of halogens is 2. The summed E-state index contributed by atoms with van der Waals surface area (Å²) in [7, 11) is 1.75. The normalized spacial score (nSPS) is 17.6. The third-order valence-corrected chi connectivity index (χ3v) is 6.49. The number of hydrogen-bond donors (Lipinski definition) is 3. The summed E-state index contributed by atoms with van der Waals surface area (Å²) in [4.78, 5) is 6.74. The van der Waals surface area contributed by atoms with Crippen molar-refractivity contribution in [2.75, 3.05) is 39.9 Å². The van der Waals surface area contributed by atoms with Gasteiger partial charge in [0.2, 0.25) is 0 Å². The average molecular weight is 568 g/mol. The lowest BCUT2D eigenvalue weighted by atomic mass is 9.88. The van der Waals surface area contributed by atoms with Crippen LogP contribution < -0.4 is 10.6 Å². The number of benzene rings is 2. The number of nitrogens with zero attached hydrogens (tertiary/aromatic N) is 2. The molecule has 1 heterocycles. The van der Waals surface area contributed by atoms with Crippen molar-refractivity contribution in [1.29, 1.82) is 0 Å². The Labute approximate surface area is 212 Å². The molecule has 4 rings (SSSR count). The molecule has 3 N–H and O–H groups in total. The Hall–Kier alpha value is -1.91. The van der Waals surface area contributed by atoms with Crippen LogP contribution in [0, 0.1) is 5.82 Å². The SMILES string of the molecule is CN=C(NCc1c(O)ccc2c1CCCC2)NCC(c1ccc(F)cc1)N1CCOCC1.I. The van der Waals surface area contributed by atoms with Gasteiger partial charge in [-0.3, -0.25) is 9.89 Å². The van der Waals surface area contributed by atoms with Crippen molar-refractivity contribution in [2.45, 2.75) is 38.3 Å². The van der Waals surface area contributed by atoms with E-state index in [-0.39, 0.29) is 35.8 Å². The van der Waals surface area contributed by atoms with Crippen LogP contribution in [0.4, 0.5) is 4.39 Å². The minimum atomic E-state index is -0.231. The van der Waals surface area contributed by atoms with Crippen LogP contribution in [-0.4, -0.2) is 55.9 Å². The first-order valence-corrected chi connectivity index (χ1v) is 11.5. The van der Waals surface area contributed by atoms with Gasteiger partial charge in [0, 0.05) is 38.8 Å². The third kappa shape index (κ3) is 6.58. The zero-order valence-corrected chi connectivity index (χ0v) is 21.5. The lowest BCUT2D eigenvalue weighted by molar-refractivity contribution is 0.0170. The molecule has 0 bridgehead atoms. The smallest absolute Gasteiger partial charge is 0.191 e. The number of guanidine groups is 1. The molecule has 1 atom stereocenters. The largest absolute Gasteiger partial charge is 0.508 e. The molecule has 2 aliphatic rings. The molecule has 180 valence electrons. The van der Waals surface area contributed by atoms with Gasteiger partial charge in [-0.2, -0.15) is 0 Å². The van der Waals surface area contributed by atoms with Crippen LogP contribution in [0.15, 0.2) is 41.4 Å². The number of morpholine rings is 1. The van der Waals surface area contributed by atoms with Crippen molar-refractivity contribution >= 4 is 29.9 Å². The van der Waals surface area contributed by atoms with Crippen molar-refractivity contribution in [2.24, 2.45) is 4.99 Å². The maximum Gasteiger partial charge on any atom is 0.191 e. The van der Waals surface area contributed by atoms with E-state index < -0.39 is 0 Å². The van der Waals surface area contributed by atoms with E-state index in [4.69, 9.17) is 4.74 Å². The number of hydrogen-bond acceptors (Lipinski definition) is 4. The zero-order valence-electron chi connectivity index (χ0n) is 19.1.